The summed E-state index contributed by atoms with van der Waals surface area (Å²) in [6.45, 7) is 1.61. The maximum absolute atomic E-state index is 12.7. The highest BCUT2D eigenvalue weighted by atomic mass is 19.4. The lowest BCUT2D eigenvalue weighted by molar-refractivity contribution is -0.137. The van der Waals surface area contributed by atoms with Gasteiger partial charge in [0, 0.05) is 5.56 Å². The summed E-state index contributed by atoms with van der Waals surface area (Å²) in [6.07, 6.45) is -4.42. The van der Waals surface area contributed by atoms with Gasteiger partial charge in [-0.05, 0) is 48.9 Å². The maximum Gasteiger partial charge on any atom is 0.416 e. The van der Waals surface area contributed by atoms with Crippen LogP contribution < -0.4 is 5.32 Å². The number of hydrogen-bond acceptors (Lipinski definition) is 2. The van der Waals surface area contributed by atoms with Crippen molar-refractivity contribution in [3.8, 4) is 6.07 Å². The highest BCUT2D eigenvalue weighted by Gasteiger charge is 2.30. The molecule has 0 radical (unpaired) electrons. The van der Waals surface area contributed by atoms with E-state index in [4.69, 9.17) is 5.26 Å². The van der Waals surface area contributed by atoms with Crippen molar-refractivity contribution in [2.24, 2.45) is 0 Å². The predicted molar refractivity (Wildman–Crippen MR) is 78.5 cm³/mol. The first-order valence-electron chi connectivity index (χ1n) is 6.79. The summed E-state index contributed by atoms with van der Waals surface area (Å²) < 4.78 is 38.1. The Bertz CT molecular complexity index is 746. The van der Waals surface area contributed by atoms with Crippen LogP contribution >= 0.6 is 0 Å². The van der Waals surface area contributed by atoms with Crippen molar-refractivity contribution in [3.05, 3.63) is 70.8 Å². The smallest absolute Gasteiger partial charge is 0.346 e. The van der Waals surface area contributed by atoms with E-state index in [0.29, 0.717) is 16.7 Å². The van der Waals surface area contributed by atoms with Gasteiger partial charge in [0.1, 0.15) is 0 Å². The number of carbonyl (C=O) groups is 1. The Balaban J connectivity index is 2.13. The third-order valence-electron chi connectivity index (χ3n) is 3.34. The molecule has 0 bridgehead atoms. The van der Waals surface area contributed by atoms with Crippen LogP contribution in [0.2, 0.25) is 0 Å². The molecule has 23 heavy (non-hydrogen) atoms. The number of alkyl halides is 3. The number of amides is 1. The number of hydrogen-bond donors (Lipinski definition) is 1. The molecule has 0 unspecified atom stereocenters. The molecule has 2 rings (SSSR count). The average Bonchev–Trinajstić information content (AvgIpc) is 2.54. The van der Waals surface area contributed by atoms with Crippen LogP contribution in [-0.2, 0) is 6.18 Å². The molecule has 1 amide bonds. The zero-order chi connectivity index (χ0) is 17.0. The van der Waals surface area contributed by atoms with Crippen molar-refractivity contribution < 1.29 is 18.0 Å². The minimum atomic E-state index is -4.42. The number of halogens is 3. The predicted octanol–water partition coefficient (Wildman–Crippen LogP) is 4.07. The first kappa shape index (κ1) is 16.6. The molecule has 6 heteroatoms. The fraction of sp³-hybridized carbons (Fsp3) is 0.176. The summed E-state index contributed by atoms with van der Waals surface area (Å²) in [4.78, 5) is 12.1. The van der Waals surface area contributed by atoms with Gasteiger partial charge in [-0.3, -0.25) is 4.79 Å². The van der Waals surface area contributed by atoms with Crippen molar-refractivity contribution in [3.63, 3.8) is 0 Å². The summed E-state index contributed by atoms with van der Waals surface area (Å²) in [5.74, 6) is -0.417. The van der Waals surface area contributed by atoms with Gasteiger partial charge in [0.25, 0.3) is 5.91 Å². The fourth-order valence-corrected chi connectivity index (χ4v) is 2.04. The number of nitrogens with zero attached hydrogens (tertiary/aromatic N) is 1. The number of carbonyl (C=O) groups excluding carboxylic acids is 1. The van der Waals surface area contributed by atoms with Gasteiger partial charge in [-0.2, -0.15) is 18.4 Å². The van der Waals surface area contributed by atoms with Gasteiger partial charge in [-0.15, -0.1) is 0 Å². The molecule has 1 atom stereocenters. The molecule has 3 nitrogen and oxygen atoms in total. The van der Waals surface area contributed by atoms with E-state index < -0.39 is 23.7 Å². The van der Waals surface area contributed by atoms with Crippen LogP contribution in [0.1, 0.15) is 40.0 Å². The SMILES string of the molecule is C[C@@H](NC(=O)c1ccc(C#N)cc1)c1cccc(C(F)(F)F)c1. The fourth-order valence-electron chi connectivity index (χ4n) is 2.04. The van der Waals surface area contributed by atoms with E-state index in [1.807, 2.05) is 6.07 Å². The van der Waals surface area contributed by atoms with E-state index in [0.717, 1.165) is 12.1 Å². The monoisotopic (exact) mass is 318 g/mol. The molecule has 0 aliphatic rings. The molecule has 0 spiro atoms. The standard InChI is InChI=1S/C17H13F3N2O/c1-11(14-3-2-4-15(9-14)17(18,19)20)22-16(23)13-7-5-12(10-21)6-8-13/h2-9,11H,1H3,(H,22,23)/t11-/m1/s1. The highest BCUT2D eigenvalue weighted by molar-refractivity contribution is 5.94. The molecule has 0 fully saturated rings. The summed E-state index contributed by atoms with van der Waals surface area (Å²) in [7, 11) is 0. The second-order valence-electron chi connectivity index (χ2n) is 5.01. The summed E-state index contributed by atoms with van der Waals surface area (Å²) in [6, 6.07) is 12.2. The maximum atomic E-state index is 12.7. The third kappa shape index (κ3) is 4.10. The Kier molecular flexibility index (Phi) is 4.70. The van der Waals surface area contributed by atoms with Gasteiger partial charge in [-0.1, -0.05) is 12.1 Å². The zero-order valence-electron chi connectivity index (χ0n) is 12.2. The van der Waals surface area contributed by atoms with Gasteiger partial charge in [-0.25, -0.2) is 0 Å². The van der Waals surface area contributed by atoms with Crippen LogP contribution in [0, 0.1) is 11.3 Å². The molecule has 0 aliphatic carbocycles. The van der Waals surface area contributed by atoms with Gasteiger partial charge < -0.3 is 5.32 Å². The largest absolute Gasteiger partial charge is 0.416 e. The molecule has 118 valence electrons. The van der Waals surface area contributed by atoms with Gasteiger partial charge in [0.2, 0.25) is 0 Å². The third-order valence-corrected chi connectivity index (χ3v) is 3.34. The second kappa shape index (κ2) is 6.53. The van der Waals surface area contributed by atoms with Crippen LogP contribution in [0.3, 0.4) is 0 Å². The summed E-state index contributed by atoms with van der Waals surface area (Å²) >= 11 is 0. The Morgan fingerprint density at radius 3 is 2.39 bits per heavy atom. The molecule has 0 saturated heterocycles. The topological polar surface area (TPSA) is 52.9 Å². The van der Waals surface area contributed by atoms with Crippen LogP contribution in [0.15, 0.2) is 48.5 Å². The lowest BCUT2D eigenvalue weighted by Gasteiger charge is -2.16. The van der Waals surface area contributed by atoms with E-state index >= 15 is 0 Å². The Morgan fingerprint density at radius 1 is 1.17 bits per heavy atom. The summed E-state index contributed by atoms with van der Waals surface area (Å²) in [5.41, 5.74) is 0.367. The molecule has 0 saturated carbocycles. The molecular weight excluding hydrogens is 305 g/mol. The molecule has 0 aliphatic heterocycles. The molecule has 2 aromatic carbocycles. The highest BCUT2D eigenvalue weighted by Crippen LogP contribution is 2.30. The Hall–Kier alpha value is -2.81. The minimum Gasteiger partial charge on any atom is -0.346 e. The van der Waals surface area contributed by atoms with Crippen molar-refractivity contribution in [2.75, 3.05) is 0 Å². The van der Waals surface area contributed by atoms with Crippen LogP contribution in [0.25, 0.3) is 0 Å². The molecular formula is C17H13F3N2O. The first-order valence-corrected chi connectivity index (χ1v) is 6.79. The summed E-state index contributed by atoms with van der Waals surface area (Å²) in [5, 5.41) is 11.3. The van der Waals surface area contributed by atoms with E-state index in [1.165, 1.54) is 36.4 Å². The zero-order valence-corrected chi connectivity index (χ0v) is 12.2. The Morgan fingerprint density at radius 2 is 1.83 bits per heavy atom. The lowest BCUT2D eigenvalue weighted by atomic mass is 10.0. The molecule has 2 aromatic rings. The van der Waals surface area contributed by atoms with Gasteiger partial charge in [0.15, 0.2) is 0 Å². The lowest BCUT2D eigenvalue weighted by Crippen LogP contribution is -2.26. The first-order chi connectivity index (χ1) is 10.8. The quantitative estimate of drug-likeness (QED) is 0.927. The van der Waals surface area contributed by atoms with E-state index in [9.17, 15) is 18.0 Å². The molecule has 0 aromatic heterocycles. The molecule has 1 N–H and O–H groups in total. The van der Waals surface area contributed by atoms with Crippen molar-refractivity contribution >= 4 is 5.91 Å². The van der Waals surface area contributed by atoms with E-state index in [2.05, 4.69) is 5.32 Å². The van der Waals surface area contributed by atoms with E-state index in [-0.39, 0.29) is 0 Å². The van der Waals surface area contributed by atoms with Gasteiger partial charge in [0.05, 0.1) is 23.2 Å². The van der Waals surface area contributed by atoms with Gasteiger partial charge >= 0.3 is 6.18 Å². The number of nitrogens with one attached hydrogen (secondary N) is 1. The molecule has 0 heterocycles. The number of rotatable bonds is 3. The minimum absolute atomic E-state index is 0.336. The van der Waals surface area contributed by atoms with Crippen molar-refractivity contribution in [1.29, 1.82) is 5.26 Å². The van der Waals surface area contributed by atoms with Crippen LogP contribution in [-0.4, -0.2) is 5.91 Å². The normalized spacial score (nSPS) is 12.3. The van der Waals surface area contributed by atoms with Crippen LogP contribution in [0.5, 0.6) is 0 Å². The second-order valence-corrected chi connectivity index (χ2v) is 5.01. The number of benzene rings is 2. The number of nitriles is 1. The van der Waals surface area contributed by atoms with Crippen LogP contribution in [0.4, 0.5) is 13.2 Å². The van der Waals surface area contributed by atoms with Crippen molar-refractivity contribution in [1.82, 2.24) is 5.32 Å². The van der Waals surface area contributed by atoms with Crippen molar-refractivity contribution in [2.45, 2.75) is 19.1 Å². The Labute approximate surface area is 131 Å². The van der Waals surface area contributed by atoms with E-state index in [1.54, 1.807) is 6.92 Å². The average molecular weight is 318 g/mol.